The summed E-state index contributed by atoms with van der Waals surface area (Å²) in [6.45, 7) is 2.22. The molecule has 274 valence electrons. The van der Waals surface area contributed by atoms with Gasteiger partial charge in [-0.15, -0.1) is 0 Å². The molecule has 0 radical (unpaired) electrons. The van der Waals surface area contributed by atoms with Gasteiger partial charge in [0.25, 0.3) is 0 Å². The summed E-state index contributed by atoms with van der Waals surface area (Å²) in [6, 6.07) is 83.6. The zero-order chi connectivity index (χ0) is 38.8. The summed E-state index contributed by atoms with van der Waals surface area (Å²) in [6.07, 6.45) is 0. The fourth-order valence-electron chi connectivity index (χ4n) is 8.42. The summed E-state index contributed by atoms with van der Waals surface area (Å²) in [5.74, 6) is 0. The van der Waals surface area contributed by atoms with E-state index in [1.807, 2.05) is 0 Å². The van der Waals surface area contributed by atoms with Crippen molar-refractivity contribution in [2.24, 2.45) is 0 Å². The third kappa shape index (κ3) is 6.74. The first kappa shape index (κ1) is 35.0. The highest BCUT2D eigenvalue weighted by Gasteiger charge is 2.16. The molecule has 0 fully saturated rings. The summed E-state index contributed by atoms with van der Waals surface area (Å²) in [4.78, 5) is 2.36. The van der Waals surface area contributed by atoms with E-state index in [2.05, 4.69) is 242 Å². The number of aryl methyl sites for hydroxylation is 1. The second kappa shape index (κ2) is 15.2. The smallest absolute Gasteiger partial charge is 0.0464 e. The Labute approximate surface area is 340 Å². The summed E-state index contributed by atoms with van der Waals surface area (Å²) in [5.41, 5.74) is 16.8. The number of nitrogens with zero attached hydrogens (tertiary/aromatic N) is 1. The average Bonchev–Trinajstić information content (AvgIpc) is 3.30. The lowest BCUT2D eigenvalue weighted by Gasteiger charge is -2.27. The van der Waals surface area contributed by atoms with E-state index in [9.17, 15) is 0 Å². The fraction of sp³-hybridized carbons (Fsp3) is 0.0175. The third-order valence-corrected chi connectivity index (χ3v) is 11.4. The monoisotopic (exact) mass is 739 g/mol. The first-order chi connectivity index (χ1) is 28.7. The van der Waals surface area contributed by atoms with Crippen molar-refractivity contribution in [3.63, 3.8) is 0 Å². The Kier molecular flexibility index (Phi) is 9.18. The lowest BCUT2D eigenvalue weighted by molar-refractivity contribution is 1.27. The molecule has 0 amide bonds. The number of hydrogen-bond acceptors (Lipinski definition) is 1. The van der Waals surface area contributed by atoms with Crippen LogP contribution in [-0.2, 0) is 0 Å². The lowest BCUT2D eigenvalue weighted by Crippen LogP contribution is -2.10. The van der Waals surface area contributed by atoms with Crippen LogP contribution >= 0.6 is 0 Å². The van der Waals surface area contributed by atoms with E-state index in [-0.39, 0.29) is 0 Å². The van der Waals surface area contributed by atoms with Gasteiger partial charge in [-0.05, 0) is 126 Å². The molecule has 1 nitrogen and oxygen atoms in total. The third-order valence-electron chi connectivity index (χ3n) is 11.4. The van der Waals surface area contributed by atoms with Crippen LogP contribution in [0.5, 0.6) is 0 Å². The highest BCUT2D eigenvalue weighted by atomic mass is 15.1. The molecule has 58 heavy (non-hydrogen) atoms. The fourth-order valence-corrected chi connectivity index (χ4v) is 8.42. The van der Waals surface area contributed by atoms with Crippen LogP contribution in [0.4, 0.5) is 17.1 Å². The van der Waals surface area contributed by atoms with Crippen LogP contribution in [-0.4, -0.2) is 0 Å². The Morgan fingerprint density at radius 1 is 0.259 bits per heavy atom. The molecule has 0 aromatic heterocycles. The summed E-state index contributed by atoms with van der Waals surface area (Å²) >= 11 is 0. The number of hydrogen-bond donors (Lipinski definition) is 0. The van der Waals surface area contributed by atoms with Gasteiger partial charge in [0.05, 0.1) is 0 Å². The van der Waals surface area contributed by atoms with E-state index in [0.29, 0.717) is 0 Å². The maximum atomic E-state index is 2.36. The molecule has 10 rings (SSSR count). The normalized spacial score (nSPS) is 11.2. The highest BCUT2D eigenvalue weighted by molar-refractivity contribution is 5.98. The number of fused-ring (bicyclic) bond motifs is 2. The van der Waals surface area contributed by atoms with Crippen molar-refractivity contribution in [1.29, 1.82) is 0 Å². The topological polar surface area (TPSA) is 3.24 Å². The van der Waals surface area contributed by atoms with Crippen LogP contribution in [0, 0.1) is 6.92 Å². The maximum absolute atomic E-state index is 2.36. The molecule has 1 heteroatoms. The van der Waals surface area contributed by atoms with Crippen molar-refractivity contribution < 1.29 is 0 Å². The first-order valence-electron chi connectivity index (χ1n) is 20.0. The molecule has 0 heterocycles. The van der Waals surface area contributed by atoms with E-state index in [0.717, 1.165) is 17.1 Å². The highest BCUT2D eigenvalue weighted by Crippen LogP contribution is 2.40. The van der Waals surface area contributed by atoms with E-state index in [4.69, 9.17) is 0 Å². The molecule has 0 aliphatic rings. The first-order valence-corrected chi connectivity index (χ1v) is 20.0. The Bertz CT molecular complexity index is 3000. The number of rotatable bonds is 8. The molecule has 0 bridgehead atoms. The van der Waals surface area contributed by atoms with Crippen molar-refractivity contribution in [1.82, 2.24) is 0 Å². The minimum absolute atomic E-state index is 1.11. The zero-order valence-corrected chi connectivity index (χ0v) is 32.4. The maximum Gasteiger partial charge on any atom is 0.0464 e. The van der Waals surface area contributed by atoms with Crippen LogP contribution in [0.3, 0.4) is 0 Å². The molecule has 0 saturated carbocycles. The average molecular weight is 740 g/mol. The van der Waals surface area contributed by atoms with Gasteiger partial charge < -0.3 is 4.90 Å². The summed E-state index contributed by atoms with van der Waals surface area (Å²) < 4.78 is 0. The van der Waals surface area contributed by atoms with Crippen LogP contribution in [0.25, 0.3) is 77.2 Å². The Morgan fingerprint density at radius 2 is 0.621 bits per heavy atom. The summed E-state index contributed by atoms with van der Waals surface area (Å²) in [7, 11) is 0. The summed E-state index contributed by atoms with van der Waals surface area (Å²) in [5, 5.41) is 5.07. The molecular formula is C57H41N. The van der Waals surface area contributed by atoms with E-state index < -0.39 is 0 Å². The van der Waals surface area contributed by atoms with Gasteiger partial charge in [-0.2, -0.15) is 0 Å². The zero-order valence-electron chi connectivity index (χ0n) is 32.4. The molecule has 0 spiro atoms. The van der Waals surface area contributed by atoms with Gasteiger partial charge in [0.2, 0.25) is 0 Å². The van der Waals surface area contributed by atoms with Gasteiger partial charge in [0, 0.05) is 17.1 Å². The molecule has 0 unspecified atom stereocenters. The van der Waals surface area contributed by atoms with Gasteiger partial charge >= 0.3 is 0 Å². The second-order valence-electron chi connectivity index (χ2n) is 15.0. The quantitative estimate of drug-likeness (QED) is 0.150. The molecule has 0 N–H and O–H groups in total. The molecule has 0 aliphatic carbocycles. The molecule has 10 aromatic carbocycles. The van der Waals surface area contributed by atoms with Gasteiger partial charge in [-0.1, -0.05) is 194 Å². The molecule has 0 aliphatic heterocycles. The number of benzene rings is 10. The van der Waals surface area contributed by atoms with Crippen molar-refractivity contribution in [2.75, 3.05) is 4.90 Å². The standard InChI is InChI=1S/C57H41N/c1-40-39-52(37-38-53(40)47-25-27-49(28-26-47)57-20-10-16-46-14-6-8-18-55(46)57)58(50-33-29-43(30-34-50)41-11-3-2-4-12-41)51-35-31-44(32-36-51)42-21-23-48(24-22-42)56-19-9-15-45-13-5-7-17-54(45)56/h2-39H,1H3. The second-order valence-corrected chi connectivity index (χ2v) is 15.0. The van der Waals surface area contributed by atoms with E-state index >= 15 is 0 Å². The largest absolute Gasteiger partial charge is 0.310 e. The van der Waals surface area contributed by atoms with Crippen LogP contribution in [0.1, 0.15) is 5.56 Å². The molecule has 10 aromatic rings. The van der Waals surface area contributed by atoms with E-state index in [1.54, 1.807) is 0 Å². The van der Waals surface area contributed by atoms with Crippen LogP contribution in [0.2, 0.25) is 0 Å². The van der Waals surface area contributed by atoms with Gasteiger partial charge in [-0.3, -0.25) is 0 Å². The molecular weight excluding hydrogens is 699 g/mol. The minimum Gasteiger partial charge on any atom is -0.310 e. The Hall–Kier alpha value is -7.48. The van der Waals surface area contributed by atoms with Crippen molar-refractivity contribution in [3.05, 3.63) is 236 Å². The Balaban J connectivity index is 0.971. The van der Waals surface area contributed by atoms with Crippen LogP contribution < -0.4 is 4.90 Å². The molecule has 0 atom stereocenters. The van der Waals surface area contributed by atoms with E-state index in [1.165, 1.54) is 82.7 Å². The molecule has 0 saturated heterocycles. The predicted octanol–water partition coefficient (Wildman–Crippen LogP) is 16.1. The van der Waals surface area contributed by atoms with Gasteiger partial charge in [0.15, 0.2) is 0 Å². The Morgan fingerprint density at radius 3 is 1.10 bits per heavy atom. The van der Waals surface area contributed by atoms with Crippen LogP contribution in [0.15, 0.2) is 231 Å². The SMILES string of the molecule is Cc1cc(N(c2ccc(-c3ccccc3)cc2)c2ccc(-c3ccc(-c4cccc5ccccc45)cc3)cc2)ccc1-c1ccc(-c2cccc3ccccc23)cc1. The minimum atomic E-state index is 1.11. The van der Waals surface area contributed by atoms with Gasteiger partial charge in [-0.25, -0.2) is 0 Å². The van der Waals surface area contributed by atoms with Crippen molar-refractivity contribution in [2.45, 2.75) is 6.92 Å². The van der Waals surface area contributed by atoms with Crippen molar-refractivity contribution >= 4 is 38.6 Å². The van der Waals surface area contributed by atoms with Gasteiger partial charge in [0.1, 0.15) is 0 Å². The lowest BCUT2D eigenvalue weighted by atomic mass is 9.94. The number of anilines is 3. The predicted molar refractivity (Wildman–Crippen MR) is 248 cm³/mol. The van der Waals surface area contributed by atoms with Crippen molar-refractivity contribution in [3.8, 4) is 55.6 Å².